The largest absolute Gasteiger partial charge is 0.395 e. The number of alkyl halides is 3. The number of amides is 3. The van der Waals surface area contributed by atoms with Crippen LogP contribution in [-0.4, -0.2) is 48.7 Å². The van der Waals surface area contributed by atoms with Crippen molar-refractivity contribution in [2.24, 2.45) is 5.92 Å². The number of piperidine rings is 1. The van der Waals surface area contributed by atoms with Gasteiger partial charge in [-0.15, -0.1) is 0 Å². The van der Waals surface area contributed by atoms with E-state index in [2.05, 4.69) is 5.32 Å². The van der Waals surface area contributed by atoms with Gasteiger partial charge in [0.05, 0.1) is 5.92 Å². The molecule has 2 saturated heterocycles. The third-order valence-electron chi connectivity index (χ3n) is 3.34. The Labute approximate surface area is 95.3 Å². The molecule has 0 aromatic carbocycles. The Morgan fingerprint density at radius 2 is 2.06 bits per heavy atom. The second kappa shape index (κ2) is 3.59. The fourth-order valence-electron chi connectivity index (χ4n) is 2.41. The van der Waals surface area contributed by atoms with Gasteiger partial charge in [0, 0.05) is 13.1 Å². The maximum Gasteiger partial charge on any atom is 0.395 e. The van der Waals surface area contributed by atoms with E-state index in [1.165, 1.54) is 4.90 Å². The zero-order valence-corrected chi connectivity index (χ0v) is 9.10. The molecule has 2 heterocycles. The lowest BCUT2D eigenvalue weighted by Crippen LogP contribution is -2.64. The summed E-state index contributed by atoms with van der Waals surface area (Å²) in [5.41, 5.74) is -1.83. The van der Waals surface area contributed by atoms with E-state index in [0.717, 1.165) is 0 Å². The predicted molar refractivity (Wildman–Crippen MR) is 51.1 cm³/mol. The molecule has 0 radical (unpaired) electrons. The highest BCUT2D eigenvalue weighted by molar-refractivity contribution is 6.07. The Morgan fingerprint density at radius 3 is 2.53 bits per heavy atom. The van der Waals surface area contributed by atoms with Crippen LogP contribution in [-0.2, 0) is 4.79 Å². The van der Waals surface area contributed by atoms with E-state index in [1.807, 2.05) is 5.32 Å². The average molecular weight is 251 g/mol. The molecule has 0 saturated carbocycles. The highest BCUT2D eigenvalue weighted by atomic mass is 19.4. The van der Waals surface area contributed by atoms with E-state index >= 15 is 0 Å². The molecule has 0 bridgehead atoms. The fraction of sp³-hybridized carbons (Fsp3) is 0.778. The highest BCUT2D eigenvalue weighted by Crippen LogP contribution is 2.41. The maximum atomic E-state index is 13.0. The van der Waals surface area contributed by atoms with Crippen molar-refractivity contribution in [3.8, 4) is 0 Å². The molecule has 0 aromatic rings. The molecule has 2 aliphatic rings. The lowest BCUT2D eigenvalue weighted by molar-refractivity contribution is -0.207. The third-order valence-corrected chi connectivity index (χ3v) is 3.34. The molecule has 17 heavy (non-hydrogen) atoms. The van der Waals surface area contributed by atoms with Crippen LogP contribution in [0.15, 0.2) is 0 Å². The van der Waals surface area contributed by atoms with E-state index in [9.17, 15) is 22.8 Å². The van der Waals surface area contributed by atoms with E-state index in [4.69, 9.17) is 0 Å². The maximum absolute atomic E-state index is 13.0. The van der Waals surface area contributed by atoms with Gasteiger partial charge in [-0.3, -0.25) is 10.1 Å². The number of halogens is 3. The molecule has 96 valence electrons. The highest BCUT2D eigenvalue weighted by Gasteiger charge is 2.62. The van der Waals surface area contributed by atoms with Gasteiger partial charge >= 0.3 is 12.2 Å². The van der Waals surface area contributed by atoms with Crippen molar-refractivity contribution in [1.82, 2.24) is 15.5 Å². The zero-order valence-electron chi connectivity index (χ0n) is 9.10. The van der Waals surface area contributed by atoms with E-state index < -0.39 is 29.6 Å². The number of carbonyl (C=O) groups is 2. The Bertz CT molecular complexity index is 371. The lowest BCUT2D eigenvalue weighted by atomic mass is 9.77. The van der Waals surface area contributed by atoms with Gasteiger partial charge < -0.3 is 10.2 Å². The minimum absolute atomic E-state index is 0.0365. The van der Waals surface area contributed by atoms with Crippen LogP contribution in [0.1, 0.15) is 6.42 Å². The normalized spacial score (nSPS) is 34.9. The molecule has 0 aromatic heterocycles. The topological polar surface area (TPSA) is 61.4 Å². The smallest absolute Gasteiger partial charge is 0.323 e. The van der Waals surface area contributed by atoms with Gasteiger partial charge in [0.15, 0.2) is 0 Å². The molecule has 2 aliphatic heterocycles. The van der Waals surface area contributed by atoms with Crippen molar-refractivity contribution in [3.05, 3.63) is 0 Å². The average Bonchev–Trinajstić information content (AvgIpc) is 2.45. The van der Waals surface area contributed by atoms with Crippen molar-refractivity contribution < 1.29 is 22.8 Å². The molecule has 2 unspecified atom stereocenters. The third kappa shape index (κ3) is 1.86. The number of hydrogen-bond donors (Lipinski definition) is 2. The van der Waals surface area contributed by atoms with Crippen molar-refractivity contribution in [1.29, 1.82) is 0 Å². The Hall–Kier alpha value is -1.31. The summed E-state index contributed by atoms with van der Waals surface area (Å²) in [5, 5.41) is 4.04. The number of carbonyl (C=O) groups excluding carboxylic acids is 2. The van der Waals surface area contributed by atoms with E-state index in [-0.39, 0.29) is 13.0 Å². The summed E-state index contributed by atoms with van der Waals surface area (Å²) in [5.74, 6) is -2.75. The second-order valence-electron chi connectivity index (χ2n) is 4.49. The molecule has 2 atom stereocenters. The first kappa shape index (κ1) is 12.2. The van der Waals surface area contributed by atoms with Crippen molar-refractivity contribution >= 4 is 11.9 Å². The van der Waals surface area contributed by atoms with E-state index in [1.54, 1.807) is 7.05 Å². The number of likely N-dealkylation sites (tertiary alicyclic amines) is 1. The van der Waals surface area contributed by atoms with Gasteiger partial charge in [0.25, 0.3) is 5.91 Å². The second-order valence-corrected chi connectivity index (χ2v) is 4.49. The Kier molecular flexibility index (Phi) is 2.57. The van der Waals surface area contributed by atoms with Gasteiger partial charge in [0.2, 0.25) is 0 Å². The van der Waals surface area contributed by atoms with Crippen molar-refractivity contribution in [2.75, 3.05) is 20.1 Å². The van der Waals surface area contributed by atoms with Crippen molar-refractivity contribution in [3.63, 3.8) is 0 Å². The number of urea groups is 1. The molecule has 8 heteroatoms. The first-order chi connectivity index (χ1) is 7.75. The SMILES string of the molecule is CN1CCC2(NC(=O)NC2=O)C(C(F)(F)F)C1. The molecule has 1 spiro atoms. The zero-order chi connectivity index (χ0) is 12.8. The number of hydrogen-bond acceptors (Lipinski definition) is 3. The molecule has 3 amide bonds. The lowest BCUT2D eigenvalue weighted by Gasteiger charge is -2.42. The number of nitrogens with zero attached hydrogens (tertiary/aromatic N) is 1. The fourth-order valence-corrected chi connectivity index (χ4v) is 2.41. The summed E-state index contributed by atoms with van der Waals surface area (Å²) >= 11 is 0. The Balaban J connectivity index is 2.37. The van der Waals surface area contributed by atoms with Gasteiger partial charge in [0.1, 0.15) is 5.54 Å². The summed E-state index contributed by atoms with van der Waals surface area (Å²) in [6, 6.07) is -0.853. The molecular weight excluding hydrogens is 239 g/mol. The molecule has 2 rings (SSSR count). The van der Waals surface area contributed by atoms with Gasteiger partial charge in [-0.25, -0.2) is 4.79 Å². The van der Waals surface area contributed by atoms with Crippen LogP contribution in [0.2, 0.25) is 0 Å². The van der Waals surface area contributed by atoms with Crippen LogP contribution in [0.25, 0.3) is 0 Å². The first-order valence-electron chi connectivity index (χ1n) is 5.14. The number of nitrogens with one attached hydrogen (secondary N) is 2. The van der Waals surface area contributed by atoms with Gasteiger partial charge in [-0.2, -0.15) is 13.2 Å². The first-order valence-corrected chi connectivity index (χ1v) is 5.14. The molecule has 5 nitrogen and oxygen atoms in total. The van der Waals surface area contributed by atoms with Gasteiger partial charge in [-0.1, -0.05) is 0 Å². The molecular formula is C9H12F3N3O2. The number of imide groups is 1. The minimum Gasteiger partial charge on any atom is -0.323 e. The summed E-state index contributed by atoms with van der Waals surface area (Å²) in [7, 11) is 1.56. The van der Waals surface area contributed by atoms with Crippen LogP contribution in [0.5, 0.6) is 0 Å². The van der Waals surface area contributed by atoms with Crippen LogP contribution in [0.3, 0.4) is 0 Å². The summed E-state index contributed by atoms with van der Waals surface area (Å²) in [6.45, 7) is 0.0392. The van der Waals surface area contributed by atoms with Crippen molar-refractivity contribution in [2.45, 2.75) is 18.1 Å². The quantitative estimate of drug-likeness (QED) is 0.599. The van der Waals surface area contributed by atoms with Gasteiger partial charge in [-0.05, 0) is 13.5 Å². The molecule has 2 N–H and O–H groups in total. The summed E-state index contributed by atoms with van der Waals surface area (Å²) in [6.07, 6.45) is -4.56. The Morgan fingerprint density at radius 1 is 1.41 bits per heavy atom. The molecule has 2 fully saturated rings. The monoisotopic (exact) mass is 251 g/mol. The van der Waals surface area contributed by atoms with Crippen LogP contribution >= 0.6 is 0 Å². The minimum atomic E-state index is -4.52. The summed E-state index contributed by atoms with van der Waals surface area (Å²) < 4.78 is 38.9. The van der Waals surface area contributed by atoms with Crippen LogP contribution in [0.4, 0.5) is 18.0 Å². The van der Waals surface area contributed by atoms with Crippen LogP contribution < -0.4 is 10.6 Å². The standard InChI is InChI=1S/C9H12F3N3O2/c1-15-3-2-8(5(4-15)9(10,11)12)6(16)13-7(17)14-8/h5H,2-4H2,1H3,(H2,13,14,16,17). The number of rotatable bonds is 0. The summed E-state index contributed by atoms with van der Waals surface area (Å²) in [4.78, 5) is 24.2. The van der Waals surface area contributed by atoms with E-state index in [0.29, 0.717) is 6.54 Å². The van der Waals surface area contributed by atoms with Crippen LogP contribution in [0, 0.1) is 5.92 Å². The predicted octanol–water partition coefficient (Wildman–Crippen LogP) is 0.0786. The molecule has 0 aliphatic carbocycles.